The van der Waals surface area contributed by atoms with Crippen LogP contribution in [0.25, 0.3) is 0 Å². The Morgan fingerprint density at radius 2 is 1.58 bits per heavy atom. The number of benzene rings is 2. The van der Waals surface area contributed by atoms with Crippen LogP contribution in [0.15, 0.2) is 47.4 Å². The first-order valence-electron chi connectivity index (χ1n) is 8.19. The van der Waals surface area contributed by atoms with Gasteiger partial charge in [0.05, 0.1) is 4.90 Å². The number of rotatable bonds is 5. The van der Waals surface area contributed by atoms with Gasteiger partial charge in [-0.05, 0) is 42.7 Å². The van der Waals surface area contributed by atoms with Crippen molar-refractivity contribution in [3.05, 3.63) is 65.2 Å². The zero-order valence-electron chi connectivity index (χ0n) is 13.9. The lowest BCUT2D eigenvalue weighted by molar-refractivity contribution is 0.0793. The van der Waals surface area contributed by atoms with Crippen LogP contribution in [-0.4, -0.2) is 32.3 Å². The number of nitrogens with zero attached hydrogens (tertiary/aromatic N) is 1. The highest BCUT2D eigenvalue weighted by Gasteiger charge is 2.20. The number of likely N-dealkylation sites (tertiary alicyclic amines) is 1. The summed E-state index contributed by atoms with van der Waals surface area (Å²) < 4.78 is 53.0. The van der Waals surface area contributed by atoms with E-state index in [2.05, 4.69) is 4.72 Å². The van der Waals surface area contributed by atoms with E-state index in [0.717, 1.165) is 38.1 Å². The first-order valence-corrected chi connectivity index (χ1v) is 9.67. The quantitative estimate of drug-likeness (QED) is 0.867. The van der Waals surface area contributed by atoms with Crippen molar-refractivity contribution in [2.75, 3.05) is 13.1 Å². The smallest absolute Gasteiger partial charge is 0.253 e. The predicted octanol–water partition coefficient (Wildman–Crippen LogP) is 2.68. The molecule has 26 heavy (non-hydrogen) atoms. The first-order chi connectivity index (χ1) is 12.3. The van der Waals surface area contributed by atoms with Crippen molar-refractivity contribution in [2.45, 2.75) is 24.3 Å². The molecule has 1 amide bonds. The topological polar surface area (TPSA) is 66.5 Å². The van der Waals surface area contributed by atoms with E-state index in [0.29, 0.717) is 17.2 Å². The molecule has 1 heterocycles. The van der Waals surface area contributed by atoms with E-state index in [-0.39, 0.29) is 12.5 Å². The molecule has 1 saturated heterocycles. The summed E-state index contributed by atoms with van der Waals surface area (Å²) in [4.78, 5) is 13.6. The minimum absolute atomic E-state index is 0.0372. The number of carbonyl (C=O) groups is 1. The van der Waals surface area contributed by atoms with E-state index in [1.54, 1.807) is 29.2 Å². The molecule has 8 heteroatoms. The molecule has 0 saturated carbocycles. The summed E-state index contributed by atoms with van der Waals surface area (Å²) in [6, 6.07) is 8.70. The largest absolute Gasteiger partial charge is 0.339 e. The normalized spacial score (nSPS) is 14.6. The van der Waals surface area contributed by atoms with Crippen LogP contribution in [0, 0.1) is 11.6 Å². The molecule has 5 nitrogen and oxygen atoms in total. The number of sulfonamides is 1. The molecule has 138 valence electrons. The van der Waals surface area contributed by atoms with Crippen molar-refractivity contribution in [3.8, 4) is 0 Å². The maximum absolute atomic E-state index is 13.2. The lowest BCUT2D eigenvalue weighted by atomic mass is 10.1. The third-order valence-electron chi connectivity index (χ3n) is 4.21. The molecule has 2 aromatic rings. The van der Waals surface area contributed by atoms with Crippen LogP contribution in [0.2, 0.25) is 0 Å². The van der Waals surface area contributed by atoms with Crippen LogP contribution in [0.5, 0.6) is 0 Å². The Balaban J connectivity index is 1.66. The number of hydrogen-bond acceptors (Lipinski definition) is 3. The Bertz CT molecular complexity index is 888. The lowest BCUT2D eigenvalue weighted by Crippen LogP contribution is -2.27. The fraction of sp³-hybridized carbons (Fsp3) is 0.278. The summed E-state index contributed by atoms with van der Waals surface area (Å²) in [7, 11) is -4.05. The fourth-order valence-corrected chi connectivity index (χ4v) is 3.87. The third-order valence-corrected chi connectivity index (χ3v) is 5.59. The van der Waals surface area contributed by atoms with Gasteiger partial charge in [-0.1, -0.05) is 12.1 Å². The molecule has 0 unspecified atom stereocenters. The van der Waals surface area contributed by atoms with Crippen LogP contribution in [-0.2, 0) is 16.6 Å². The predicted molar refractivity (Wildman–Crippen MR) is 92.0 cm³/mol. The summed E-state index contributed by atoms with van der Waals surface area (Å²) in [5.74, 6) is -1.96. The minimum Gasteiger partial charge on any atom is -0.339 e. The van der Waals surface area contributed by atoms with E-state index in [9.17, 15) is 22.0 Å². The Kier molecular flexibility index (Phi) is 5.33. The highest BCUT2D eigenvalue weighted by atomic mass is 32.2. The second-order valence-electron chi connectivity index (χ2n) is 6.13. The number of hydrogen-bond donors (Lipinski definition) is 1. The molecular formula is C18H18F2N2O3S. The first kappa shape index (κ1) is 18.5. The molecule has 3 rings (SSSR count). The van der Waals surface area contributed by atoms with Gasteiger partial charge in [-0.15, -0.1) is 0 Å². The molecule has 0 bridgehead atoms. The average Bonchev–Trinajstić information content (AvgIpc) is 3.14. The number of halogens is 2. The second kappa shape index (κ2) is 7.51. The van der Waals surface area contributed by atoms with Crippen LogP contribution in [0.3, 0.4) is 0 Å². The van der Waals surface area contributed by atoms with E-state index >= 15 is 0 Å². The monoisotopic (exact) mass is 380 g/mol. The molecule has 0 aliphatic carbocycles. The number of carbonyl (C=O) groups excluding carboxylic acids is 1. The van der Waals surface area contributed by atoms with Crippen molar-refractivity contribution in [2.24, 2.45) is 0 Å². The summed E-state index contributed by atoms with van der Waals surface area (Å²) in [5, 5.41) is 0. The van der Waals surface area contributed by atoms with Gasteiger partial charge >= 0.3 is 0 Å². The van der Waals surface area contributed by atoms with Crippen molar-refractivity contribution < 1.29 is 22.0 Å². The molecule has 1 aliphatic heterocycles. The van der Waals surface area contributed by atoms with Gasteiger partial charge in [0, 0.05) is 31.3 Å². The van der Waals surface area contributed by atoms with Gasteiger partial charge in [-0.25, -0.2) is 21.9 Å². The highest BCUT2D eigenvalue weighted by Crippen LogP contribution is 2.16. The van der Waals surface area contributed by atoms with Gasteiger partial charge in [0.15, 0.2) is 0 Å². The molecule has 0 aromatic heterocycles. The van der Waals surface area contributed by atoms with Gasteiger partial charge in [-0.3, -0.25) is 4.79 Å². The van der Waals surface area contributed by atoms with Crippen LogP contribution in [0.1, 0.15) is 28.8 Å². The molecule has 1 fully saturated rings. The van der Waals surface area contributed by atoms with Crippen LogP contribution in [0.4, 0.5) is 8.78 Å². The Hall–Kier alpha value is -2.32. The molecule has 2 aromatic carbocycles. The Morgan fingerprint density at radius 3 is 2.15 bits per heavy atom. The minimum atomic E-state index is -4.05. The molecule has 1 N–H and O–H groups in total. The van der Waals surface area contributed by atoms with Crippen LogP contribution < -0.4 is 4.72 Å². The molecule has 0 radical (unpaired) electrons. The van der Waals surface area contributed by atoms with Crippen molar-refractivity contribution in [1.29, 1.82) is 0 Å². The molecular weight excluding hydrogens is 362 g/mol. The van der Waals surface area contributed by atoms with Gasteiger partial charge in [0.25, 0.3) is 5.91 Å². The standard InChI is InChI=1S/C18H18F2N2O3S/c19-15-9-16(20)11-17(10-15)26(24,25)21-12-13-3-5-14(6-4-13)18(23)22-7-1-2-8-22/h3-6,9-11,21H,1-2,7-8,12H2. The molecule has 0 spiro atoms. The van der Waals surface area contributed by atoms with E-state index in [1.807, 2.05) is 0 Å². The maximum Gasteiger partial charge on any atom is 0.253 e. The summed E-state index contributed by atoms with van der Waals surface area (Å²) in [6.07, 6.45) is 2.01. The molecule has 1 aliphatic rings. The van der Waals surface area contributed by atoms with Gasteiger partial charge in [0.1, 0.15) is 11.6 Å². The van der Waals surface area contributed by atoms with Gasteiger partial charge in [-0.2, -0.15) is 0 Å². The summed E-state index contributed by atoms with van der Waals surface area (Å²) >= 11 is 0. The number of nitrogens with one attached hydrogen (secondary N) is 1. The fourth-order valence-electron chi connectivity index (χ4n) is 2.81. The highest BCUT2D eigenvalue weighted by molar-refractivity contribution is 7.89. The summed E-state index contributed by atoms with van der Waals surface area (Å²) in [5.41, 5.74) is 1.18. The van der Waals surface area contributed by atoms with Crippen LogP contribution >= 0.6 is 0 Å². The maximum atomic E-state index is 13.2. The average molecular weight is 380 g/mol. The van der Waals surface area contributed by atoms with E-state index in [1.165, 1.54) is 0 Å². The van der Waals surface area contributed by atoms with Gasteiger partial charge < -0.3 is 4.90 Å². The zero-order chi connectivity index (χ0) is 18.7. The van der Waals surface area contributed by atoms with Gasteiger partial charge in [0.2, 0.25) is 10.0 Å². The SMILES string of the molecule is O=C(c1ccc(CNS(=O)(=O)c2cc(F)cc(F)c2)cc1)N1CCCC1. The Labute approximate surface area is 150 Å². The third kappa shape index (κ3) is 4.25. The summed E-state index contributed by atoms with van der Waals surface area (Å²) in [6.45, 7) is 1.45. The van der Waals surface area contributed by atoms with Crippen molar-refractivity contribution in [1.82, 2.24) is 9.62 Å². The zero-order valence-corrected chi connectivity index (χ0v) is 14.7. The second-order valence-corrected chi connectivity index (χ2v) is 7.89. The van der Waals surface area contributed by atoms with Crippen molar-refractivity contribution >= 4 is 15.9 Å². The van der Waals surface area contributed by atoms with E-state index in [4.69, 9.17) is 0 Å². The number of amides is 1. The Morgan fingerprint density at radius 1 is 1.00 bits per heavy atom. The lowest BCUT2D eigenvalue weighted by Gasteiger charge is -2.15. The van der Waals surface area contributed by atoms with E-state index < -0.39 is 26.6 Å². The molecule has 0 atom stereocenters. The van der Waals surface area contributed by atoms with Crippen molar-refractivity contribution in [3.63, 3.8) is 0 Å².